The van der Waals surface area contributed by atoms with Crippen LogP contribution in [0.1, 0.15) is 16.8 Å². The summed E-state index contributed by atoms with van der Waals surface area (Å²) in [7, 11) is 0. The minimum atomic E-state index is -0.512. The Labute approximate surface area is 97.7 Å². The van der Waals surface area contributed by atoms with Gasteiger partial charge in [-0.2, -0.15) is 0 Å². The van der Waals surface area contributed by atoms with Gasteiger partial charge in [-0.15, -0.1) is 0 Å². The Kier molecular flexibility index (Phi) is 3.05. The van der Waals surface area contributed by atoms with Crippen LogP contribution in [0.5, 0.6) is 0 Å². The first-order valence-electron chi connectivity index (χ1n) is 5.22. The van der Waals surface area contributed by atoms with Crippen molar-refractivity contribution in [3.63, 3.8) is 0 Å². The molecule has 2 N–H and O–H groups in total. The summed E-state index contributed by atoms with van der Waals surface area (Å²) in [5.41, 5.74) is 1.12. The zero-order valence-electron chi connectivity index (χ0n) is 9.19. The molecule has 4 heteroatoms. The molecule has 4 nitrogen and oxygen atoms in total. The van der Waals surface area contributed by atoms with Crippen molar-refractivity contribution >= 4 is 6.08 Å². The molecule has 86 valence electrons. The van der Waals surface area contributed by atoms with Crippen LogP contribution >= 0.6 is 0 Å². The van der Waals surface area contributed by atoms with Crippen LogP contribution in [-0.4, -0.2) is 9.97 Å². The highest BCUT2D eigenvalue weighted by molar-refractivity contribution is 5.47. The summed E-state index contributed by atoms with van der Waals surface area (Å²) >= 11 is 0. The van der Waals surface area contributed by atoms with Crippen molar-refractivity contribution in [3.05, 3.63) is 74.6 Å². The number of nitrogens with one attached hydrogen (secondary N) is 2. The number of hydrogen-bond donors (Lipinski definition) is 2. The maximum atomic E-state index is 11.7. The van der Waals surface area contributed by atoms with Crippen LogP contribution in [0.3, 0.4) is 0 Å². The molecule has 0 saturated heterocycles. The lowest BCUT2D eigenvalue weighted by molar-refractivity contribution is 0.964. The van der Waals surface area contributed by atoms with Crippen molar-refractivity contribution < 1.29 is 0 Å². The SMILES string of the molecule is C=Cc1[nH]c(=O)[nH]c(=O)c1Cc1ccccc1. The average Bonchev–Trinajstić information content (AvgIpc) is 2.33. The summed E-state index contributed by atoms with van der Waals surface area (Å²) in [6, 6.07) is 9.58. The Balaban J connectivity index is 2.49. The smallest absolute Gasteiger partial charge is 0.307 e. The topological polar surface area (TPSA) is 65.7 Å². The summed E-state index contributed by atoms with van der Waals surface area (Å²) in [5.74, 6) is 0. The lowest BCUT2D eigenvalue weighted by Crippen LogP contribution is -2.27. The van der Waals surface area contributed by atoms with Crippen LogP contribution in [0.25, 0.3) is 6.08 Å². The van der Waals surface area contributed by atoms with Gasteiger partial charge in [0.25, 0.3) is 5.56 Å². The van der Waals surface area contributed by atoms with Gasteiger partial charge in [-0.1, -0.05) is 36.9 Å². The predicted molar refractivity (Wildman–Crippen MR) is 67.0 cm³/mol. The van der Waals surface area contributed by atoms with E-state index in [1.54, 1.807) is 0 Å². The molecular weight excluding hydrogens is 216 g/mol. The number of aromatic amines is 2. The first-order chi connectivity index (χ1) is 8.20. The second-order valence-electron chi connectivity index (χ2n) is 3.67. The van der Waals surface area contributed by atoms with Crippen molar-refractivity contribution in [1.82, 2.24) is 9.97 Å². The fourth-order valence-electron chi connectivity index (χ4n) is 1.68. The maximum absolute atomic E-state index is 11.7. The molecule has 0 aliphatic carbocycles. The van der Waals surface area contributed by atoms with E-state index in [1.165, 1.54) is 6.08 Å². The van der Waals surface area contributed by atoms with Gasteiger partial charge >= 0.3 is 5.69 Å². The van der Waals surface area contributed by atoms with Crippen LogP contribution in [0.2, 0.25) is 0 Å². The second-order valence-corrected chi connectivity index (χ2v) is 3.67. The van der Waals surface area contributed by atoms with E-state index >= 15 is 0 Å². The van der Waals surface area contributed by atoms with Crippen molar-refractivity contribution in [3.8, 4) is 0 Å². The Morgan fingerprint density at radius 2 is 1.82 bits per heavy atom. The molecule has 0 aliphatic heterocycles. The molecule has 0 unspecified atom stereocenters. The molecule has 2 aromatic rings. The summed E-state index contributed by atoms with van der Waals surface area (Å²) in [4.78, 5) is 27.6. The number of benzene rings is 1. The van der Waals surface area contributed by atoms with Crippen LogP contribution in [-0.2, 0) is 6.42 Å². The maximum Gasteiger partial charge on any atom is 0.326 e. The van der Waals surface area contributed by atoms with Gasteiger partial charge in [0.15, 0.2) is 0 Å². The minimum Gasteiger partial charge on any atom is -0.307 e. The molecule has 0 amide bonds. The fraction of sp³-hybridized carbons (Fsp3) is 0.0769. The van der Waals surface area contributed by atoms with Gasteiger partial charge in [-0.25, -0.2) is 4.79 Å². The van der Waals surface area contributed by atoms with Crippen molar-refractivity contribution in [1.29, 1.82) is 0 Å². The third kappa shape index (κ3) is 2.42. The summed E-state index contributed by atoms with van der Waals surface area (Å²) in [6.45, 7) is 3.59. The highest BCUT2D eigenvalue weighted by Crippen LogP contribution is 2.08. The molecule has 0 spiro atoms. The van der Waals surface area contributed by atoms with Gasteiger partial charge in [-0.3, -0.25) is 9.78 Å². The van der Waals surface area contributed by atoms with E-state index < -0.39 is 5.69 Å². The van der Waals surface area contributed by atoms with E-state index in [4.69, 9.17) is 0 Å². The van der Waals surface area contributed by atoms with Gasteiger partial charge in [0.2, 0.25) is 0 Å². The Bertz CT molecular complexity index is 638. The monoisotopic (exact) mass is 228 g/mol. The minimum absolute atomic E-state index is 0.368. The van der Waals surface area contributed by atoms with Crippen LogP contribution < -0.4 is 11.2 Å². The lowest BCUT2D eigenvalue weighted by Gasteiger charge is -2.04. The molecule has 17 heavy (non-hydrogen) atoms. The molecule has 0 radical (unpaired) electrons. The van der Waals surface area contributed by atoms with E-state index in [9.17, 15) is 9.59 Å². The van der Waals surface area contributed by atoms with Crippen LogP contribution in [0.15, 0.2) is 46.5 Å². The number of hydrogen-bond acceptors (Lipinski definition) is 2. The van der Waals surface area contributed by atoms with Crippen molar-refractivity contribution in [2.24, 2.45) is 0 Å². The van der Waals surface area contributed by atoms with Gasteiger partial charge in [0, 0.05) is 12.0 Å². The normalized spacial score (nSPS) is 10.1. The molecule has 0 saturated carbocycles. The first-order valence-corrected chi connectivity index (χ1v) is 5.22. The van der Waals surface area contributed by atoms with Crippen molar-refractivity contribution in [2.45, 2.75) is 6.42 Å². The zero-order valence-corrected chi connectivity index (χ0v) is 9.19. The Morgan fingerprint density at radius 1 is 1.12 bits per heavy atom. The van der Waals surface area contributed by atoms with E-state index in [0.717, 1.165) is 5.56 Å². The third-order valence-corrected chi connectivity index (χ3v) is 2.50. The van der Waals surface area contributed by atoms with Crippen molar-refractivity contribution in [2.75, 3.05) is 0 Å². The molecule has 2 rings (SSSR count). The molecule has 0 bridgehead atoms. The van der Waals surface area contributed by atoms with Gasteiger partial charge in [0.1, 0.15) is 0 Å². The molecule has 0 aliphatic rings. The molecule has 0 atom stereocenters. The zero-order chi connectivity index (χ0) is 12.3. The fourth-order valence-corrected chi connectivity index (χ4v) is 1.68. The summed E-state index contributed by atoms with van der Waals surface area (Å²) in [5, 5.41) is 0. The van der Waals surface area contributed by atoms with E-state index in [2.05, 4.69) is 16.5 Å². The standard InChI is InChI=1S/C13H12N2O2/c1-2-11-10(12(16)15-13(17)14-11)8-9-6-4-3-5-7-9/h2-7H,1,8H2,(H2,14,15,16,17). The third-order valence-electron chi connectivity index (χ3n) is 2.50. The first kappa shape index (κ1) is 11.1. The molecular formula is C13H12N2O2. The van der Waals surface area contributed by atoms with Gasteiger partial charge in [0.05, 0.1) is 5.69 Å². The Morgan fingerprint density at radius 3 is 2.47 bits per heavy atom. The highest BCUT2D eigenvalue weighted by Gasteiger charge is 2.07. The average molecular weight is 228 g/mol. The largest absolute Gasteiger partial charge is 0.326 e. The highest BCUT2D eigenvalue weighted by atomic mass is 16.2. The number of rotatable bonds is 3. The van der Waals surface area contributed by atoms with E-state index in [-0.39, 0.29) is 5.56 Å². The molecule has 1 aromatic carbocycles. The van der Waals surface area contributed by atoms with Gasteiger partial charge < -0.3 is 4.98 Å². The van der Waals surface area contributed by atoms with Crippen LogP contribution in [0, 0.1) is 0 Å². The molecule has 1 aromatic heterocycles. The van der Waals surface area contributed by atoms with E-state index in [0.29, 0.717) is 17.7 Å². The van der Waals surface area contributed by atoms with Crippen LogP contribution in [0.4, 0.5) is 0 Å². The molecule has 1 heterocycles. The summed E-state index contributed by atoms with van der Waals surface area (Å²) in [6.07, 6.45) is 1.95. The predicted octanol–water partition coefficient (Wildman–Crippen LogP) is 1.30. The molecule has 0 fully saturated rings. The lowest BCUT2D eigenvalue weighted by atomic mass is 10.0. The quantitative estimate of drug-likeness (QED) is 0.831. The summed E-state index contributed by atoms with van der Waals surface area (Å²) < 4.78 is 0. The number of H-pyrrole nitrogens is 2. The van der Waals surface area contributed by atoms with Gasteiger partial charge in [-0.05, 0) is 11.6 Å². The number of aromatic nitrogens is 2. The Hall–Kier alpha value is -2.36. The van der Waals surface area contributed by atoms with E-state index in [1.807, 2.05) is 30.3 Å². The second kappa shape index (κ2) is 4.65.